The summed E-state index contributed by atoms with van der Waals surface area (Å²) in [6, 6.07) is 17.3. The lowest BCUT2D eigenvalue weighted by Gasteiger charge is -2.34. The van der Waals surface area contributed by atoms with Gasteiger partial charge in [0.1, 0.15) is 6.54 Å². The Labute approximate surface area is 182 Å². The fraction of sp³-hybridized carbons (Fsp3) is 0.320. The molecular formula is C25H28N2O4. The van der Waals surface area contributed by atoms with Crippen molar-refractivity contribution in [3.63, 3.8) is 0 Å². The number of nitrogens with zero attached hydrogens (tertiary/aromatic N) is 1. The van der Waals surface area contributed by atoms with Gasteiger partial charge < -0.3 is 15.0 Å². The zero-order valence-electron chi connectivity index (χ0n) is 18.2. The maximum atomic E-state index is 13.0. The van der Waals surface area contributed by atoms with Crippen LogP contribution in [0.3, 0.4) is 0 Å². The predicted molar refractivity (Wildman–Crippen MR) is 118 cm³/mol. The van der Waals surface area contributed by atoms with Gasteiger partial charge in [-0.3, -0.25) is 9.59 Å². The molecule has 1 heterocycles. The largest absolute Gasteiger partial charge is 0.463 e. The number of carbonyl (C=O) groups is 3. The first-order valence-corrected chi connectivity index (χ1v) is 10.5. The average molecular weight is 421 g/mol. The van der Waals surface area contributed by atoms with Gasteiger partial charge in [-0.05, 0) is 31.9 Å². The fourth-order valence-electron chi connectivity index (χ4n) is 3.84. The van der Waals surface area contributed by atoms with Crippen LogP contribution in [0.5, 0.6) is 0 Å². The molecule has 0 bridgehead atoms. The maximum Gasteiger partial charge on any atom is 0.336 e. The van der Waals surface area contributed by atoms with E-state index in [1.165, 1.54) is 4.90 Å². The van der Waals surface area contributed by atoms with Crippen molar-refractivity contribution in [3.8, 4) is 0 Å². The molecule has 2 aromatic rings. The van der Waals surface area contributed by atoms with Crippen LogP contribution < -0.4 is 5.32 Å². The Kier molecular flexibility index (Phi) is 7.23. The zero-order chi connectivity index (χ0) is 22.4. The van der Waals surface area contributed by atoms with Gasteiger partial charge in [0.2, 0.25) is 11.8 Å². The van der Waals surface area contributed by atoms with Crippen LogP contribution in [0.2, 0.25) is 0 Å². The number of aryl methyl sites for hydroxylation is 1. The summed E-state index contributed by atoms with van der Waals surface area (Å²) in [5, 5.41) is 2.84. The summed E-state index contributed by atoms with van der Waals surface area (Å²) in [6.07, 6.45) is 0.112. The van der Waals surface area contributed by atoms with Gasteiger partial charge in [0, 0.05) is 24.6 Å². The molecule has 1 atom stereocenters. The quantitative estimate of drug-likeness (QED) is 0.696. The number of amides is 2. The van der Waals surface area contributed by atoms with Crippen LogP contribution in [0.15, 0.2) is 65.9 Å². The van der Waals surface area contributed by atoms with E-state index in [1.54, 1.807) is 13.8 Å². The van der Waals surface area contributed by atoms with Crippen LogP contribution >= 0.6 is 0 Å². The molecule has 6 heteroatoms. The molecule has 0 unspecified atom stereocenters. The summed E-state index contributed by atoms with van der Waals surface area (Å²) in [5.74, 6) is -1.32. The summed E-state index contributed by atoms with van der Waals surface area (Å²) >= 11 is 0. The summed E-state index contributed by atoms with van der Waals surface area (Å²) in [4.78, 5) is 39.7. The molecule has 0 aliphatic carbocycles. The minimum absolute atomic E-state index is 0.112. The van der Waals surface area contributed by atoms with Gasteiger partial charge in [0.05, 0.1) is 12.2 Å². The van der Waals surface area contributed by atoms with E-state index in [0.29, 0.717) is 17.8 Å². The van der Waals surface area contributed by atoms with Crippen molar-refractivity contribution in [2.45, 2.75) is 39.7 Å². The van der Waals surface area contributed by atoms with Crippen LogP contribution in [0, 0.1) is 6.92 Å². The maximum absolute atomic E-state index is 13.0. The van der Waals surface area contributed by atoms with E-state index in [-0.39, 0.29) is 31.4 Å². The Bertz CT molecular complexity index is 998. The molecule has 6 nitrogen and oxygen atoms in total. The minimum atomic E-state index is -0.450. The Morgan fingerprint density at radius 1 is 1.10 bits per heavy atom. The molecule has 0 saturated carbocycles. The summed E-state index contributed by atoms with van der Waals surface area (Å²) in [7, 11) is 0. The molecular weight excluding hydrogens is 392 g/mol. The Balaban J connectivity index is 1.84. The number of ether oxygens (including phenoxy) is 1. The van der Waals surface area contributed by atoms with Crippen molar-refractivity contribution >= 4 is 17.8 Å². The highest BCUT2D eigenvalue weighted by molar-refractivity contribution is 5.97. The topological polar surface area (TPSA) is 75.7 Å². The van der Waals surface area contributed by atoms with E-state index in [1.807, 2.05) is 61.5 Å². The SMILES string of the molecule is CCOC(=O)C1=C(C)N(CC(=O)NCc2ccccc2)C(=O)C[C@@H]1c1cccc(C)c1. The van der Waals surface area contributed by atoms with Gasteiger partial charge in [0.15, 0.2) is 0 Å². The van der Waals surface area contributed by atoms with Crippen molar-refractivity contribution in [2.75, 3.05) is 13.2 Å². The van der Waals surface area contributed by atoms with Crippen LogP contribution in [0.4, 0.5) is 0 Å². The van der Waals surface area contributed by atoms with Gasteiger partial charge in [-0.2, -0.15) is 0 Å². The number of allylic oxidation sites excluding steroid dienone is 1. The number of esters is 1. The smallest absolute Gasteiger partial charge is 0.336 e. The number of carbonyl (C=O) groups excluding carboxylic acids is 3. The van der Waals surface area contributed by atoms with E-state index < -0.39 is 11.9 Å². The van der Waals surface area contributed by atoms with Gasteiger partial charge in [-0.25, -0.2) is 4.79 Å². The van der Waals surface area contributed by atoms with Crippen molar-refractivity contribution in [3.05, 3.63) is 82.6 Å². The lowest BCUT2D eigenvalue weighted by molar-refractivity contribution is -0.141. The molecule has 1 N–H and O–H groups in total. The first-order chi connectivity index (χ1) is 14.9. The highest BCUT2D eigenvalue weighted by Crippen LogP contribution is 2.37. The zero-order valence-corrected chi connectivity index (χ0v) is 18.2. The molecule has 2 amide bonds. The first-order valence-electron chi connectivity index (χ1n) is 10.5. The Morgan fingerprint density at radius 3 is 2.52 bits per heavy atom. The molecule has 1 aliphatic rings. The molecule has 2 aromatic carbocycles. The fourth-order valence-corrected chi connectivity index (χ4v) is 3.84. The lowest BCUT2D eigenvalue weighted by Crippen LogP contribution is -2.44. The van der Waals surface area contributed by atoms with Gasteiger partial charge >= 0.3 is 5.97 Å². The van der Waals surface area contributed by atoms with Gasteiger partial charge in [-0.15, -0.1) is 0 Å². The number of nitrogens with one attached hydrogen (secondary N) is 1. The number of benzene rings is 2. The Hall–Kier alpha value is -3.41. The monoisotopic (exact) mass is 420 g/mol. The third-order valence-electron chi connectivity index (χ3n) is 5.40. The van der Waals surface area contributed by atoms with E-state index in [9.17, 15) is 14.4 Å². The van der Waals surface area contributed by atoms with E-state index in [2.05, 4.69) is 5.32 Å². The standard InChI is InChI=1S/C25H28N2O4/c1-4-31-25(30)24-18(3)27(16-22(28)26-15-19-10-6-5-7-11-19)23(29)14-21(24)20-12-8-9-17(2)13-20/h5-13,21H,4,14-16H2,1-3H3,(H,26,28)/t21-/m1/s1. The van der Waals surface area contributed by atoms with Gasteiger partial charge in [-0.1, -0.05) is 60.2 Å². The van der Waals surface area contributed by atoms with Crippen molar-refractivity contribution in [1.29, 1.82) is 0 Å². The third-order valence-corrected chi connectivity index (χ3v) is 5.40. The van der Waals surface area contributed by atoms with Crippen molar-refractivity contribution < 1.29 is 19.1 Å². The van der Waals surface area contributed by atoms with Crippen LogP contribution in [0.1, 0.15) is 42.9 Å². The molecule has 3 rings (SSSR count). The van der Waals surface area contributed by atoms with Crippen LogP contribution in [0.25, 0.3) is 0 Å². The minimum Gasteiger partial charge on any atom is -0.463 e. The number of hydrogen-bond donors (Lipinski definition) is 1. The molecule has 1 aliphatic heterocycles. The third kappa shape index (κ3) is 5.40. The summed E-state index contributed by atoms with van der Waals surface area (Å²) in [6.45, 7) is 5.90. The lowest BCUT2D eigenvalue weighted by atomic mass is 9.83. The van der Waals surface area contributed by atoms with Gasteiger partial charge in [0.25, 0.3) is 0 Å². The van der Waals surface area contributed by atoms with Crippen LogP contribution in [-0.2, 0) is 25.7 Å². The molecule has 0 saturated heterocycles. The molecule has 162 valence electrons. The summed E-state index contributed by atoms with van der Waals surface area (Å²) < 4.78 is 5.29. The molecule has 0 spiro atoms. The first kappa shape index (κ1) is 22.3. The highest BCUT2D eigenvalue weighted by atomic mass is 16.5. The summed E-state index contributed by atoms with van der Waals surface area (Å²) in [5.41, 5.74) is 3.82. The predicted octanol–water partition coefficient (Wildman–Crippen LogP) is 3.46. The second kappa shape index (κ2) is 10.1. The molecule has 0 fully saturated rings. The van der Waals surface area contributed by atoms with E-state index >= 15 is 0 Å². The Morgan fingerprint density at radius 2 is 1.84 bits per heavy atom. The van der Waals surface area contributed by atoms with Crippen LogP contribution in [-0.4, -0.2) is 35.8 Å². The van der Waals surface area contributed by atoms with E-state index in [4.69, 9.17) is 4.74 Å². The average Bonchev–Trinajstić information content (AvgIpc) is 2.75. The normalized spacial score (nSPS) is 16.3. The number of rotatable bonds is 7. The number of hydrogen-bond acceptors (Lipinski definition) is 4. The van der Waals surface area contributed by atoms with E-state index in [0.717, 1.165) is 16.7 Å². The second-order valence-electron chi connectivity index (χ2n) is 7.63. The molecule has 31 heavy (non-hydrogen) atoms. The molecule has 0 radical (unpaired) electrons. The molecule has 0 aromatic heterocycles. The van der Waals surface area contributed by atoms with Crippen molar-refractivity contribution in [2.24, 2.45) is 0 Å². The second-order valence-corrected chi connectivity index (χ2v) is 7.63. The van der Waals surface area contributed by atoms with Crippen molar-refractivity contribution in [1.82, 2.24) is 10.2 Å². The highest BCUT2D eigenvalue weighted by Gasteiger charge is 2.37.